The largest absolute Gasteiger partial charge is 0.493 e. The van der Waals surface area contributed by atoms with Crippen LogP contribution in [0.5, 0.6) is 11.5 Å². The minimum Gasteiger partial charge on any atom is -0.493 e. The summed E-state index contributed by atoms with van der Waals surface area (Å²) in [6.07, 6.45) is -4.05. The van der Waals surface area contributed by atoms with Crippen molar-refractivity contribution >= 4 is 22.9 Å². The van der Waals surface area contributed by atoms with Gasteiger partial charge < -0.3 is 39.6 Å². The Morgan fingerprint density at radius 2 is 1.91 bits per heavy atom. The number of nitrogens with zero attached hydrogens (tertiary/aromatic N) is 1. The number of aliphatic hydroxyl groups excluding tert-OH is 4. The third kappa shape index (κ3) is 4.75. The lowest BCUT2D eigenvalue weighted by Gasteiger charge is -2.39. The number of hydrogen-bond donors (Lipinski definition) is 5. The summed E-state index contributed by atoms with van der Waals surface area (Å²) in [6.45, 7) is -0.565. The van der Waals surface area contributed by atoms with Crippen molar-refractivity contribution in [3.05, 3.63) is 59.9 Å². The quantitative estimate of drug-likeness (QED) is 0.255. The number of ketones is 1. The molecule has 1 aromatic heterocycles. The van der Waals surface area contributed by atoms with E-state index in [4.69, 9.17) is 14.2 Å². The number of aromatic amines is 1. The van der Waals surface area contributed by atoms with Gasteiger partial charge in [-0.15, -0.1) is 0 Å². The molecule has 1 aliphatic heterocycles. The van der Waals surface area contributed by atoms with Crippen LogP contribution in [0.2, 0.25) is 0 Å². The number of H-pyrrole nitrogens is 1. The first-order valence-corrected chi connectivity index (χ1v) is 10.2. The number of benzene rings is 2. The molecular weight excluding hydrogens is 432 g/mol. The Kier molecular flexibility index (Phi) is 6.72. The van der Waals surface area contributed by atoms with Crippen LogP contribution in [0.3, 0.4) is 0 Å². The molecule has 1 aliphatic rings. The molecule has 5 unspecified atom stereocenters. The van der Waals surface area contributed by atoms with Crippen LogP contribution in [0.15, 0.2) is 48.5 Å². The van der Waals surface area contributed by atoms with Crippen LogP contribution < -0.4 is 9.47 Å². The Bertz CT molecular complexity index is 1130. The predicted molar refractivity (Wildman–Crippen MR) is 117 cm³/mol. The Morgan fingerprint density at radius 1 is 1.12 bits per heavy atom. The molecule has 10 heteroatoms. The molecule has 0 saturated carbocycles. The van der Waals surface area contributed by atoms with Crippen molar-refractivity contribution in [2.24, 2.45) is 0 Å². The summed E-state index contributed by atoms with van der Waals surface area (Å²) in [5, 5.41) is 39.3. The second kappa shape index (κ2) is 9.69. The number of allylic oxidation sites excluding steroid dienone is 1. The molecule has 1 saturated heterocycles. The first-order chi connectivity index (χ1) is 15.9. The third-order valence-electron chi connectivity index (χ3n) is 5.33. The lowest BCUT2D eigenvalue weighted by atomic mass is 9.99. The van der Waals surface area contributed by atoms with E-state index >= 15 is 0 Å². The summed E-state index contributed by atoms with van der Waals surface area (Å²) >= 11 is 0. The minimum absolute atomic E-state index is 0.197. The molecule has 3 aromatic rings. The highest BCUT2D eigenvalue weighted by atomic mass is 16.7. The minimum atomic E-state index is -1.56. The van der Waals surface area contributed by atoms with Gasteiger partial charge in [0.25, 0.3) is 0 Å². The highest BCUT2D eigenvalue weighted by molar-refractivity contribution is 6.05. The summed E-state index contributed by atoms with van der Waals surface area (Å²) in [6, 6.07) is 12.2. The first kappa shape index (κ1) is 22.9. The molecule has 0 spiro atoms. The number of rotatable bonds is 7. The number of methoxy groups -OCH3 is 1. The number of carbonyl (C=O) groups excluding carboxylic acids is 1. The molecule has 2 heterocycles. The zero-order valence-corrected chi connectivity index (χ0v) is 17.7. The van der Waals surface area contributed by atoms with Crippen LogP contribution in [0.25, 0.3) is 17.1 Å². The normalized spacial score (nSPS) is 25.4. The molecule has 0 bridgehead atoms. The highest BCUT2D eigenvalue weighted by Crippen LogP contribution is 2.32. The maximum absolute atomic E-state index is 12.5. The number of imidazole rings is 1. The lowest BCUT2D eigenvalue weighted by Crippen LogP contribution is -2.60. The topological polar surface area (TPSA) is 154 Å². The molecule has 5 N–H and O–H groups in total. The zero-order valence-electron chi connectivity index (χ0n) is 17.7. The van der Waals surface area contributed by atoms with Gasteiger partial charge in [-0.3, -0.25) is 4.79 Å². The van der Waals surface area contributed by atoms with E-state index in [-0.39, 0.29) is 23.1 Å². The lowest BCUT2D eigenvalue weighted by molar-refractivity contribution is -0.277. The molecular formula is C23H24N2O8. The van der Waals surface area contributed by atoms with Crippen molar-refractivity contribution in [1.82, 2.24) is 9.97 Å². The summed E-state index contributed by atoms with van der Waals surface area (Å²) in [5.41, 5.74) is 2.11. The van der Waals surface area contributed by atoms with Gasteiger partial charge in [-0.05, 0) is 35.9 Å². The summed E-state index contributed by atoms with van der Waals surface area (Å²) < 4.78 is 16.3. The number of nitrogens with one attached hydrogen (secondary N) is 1. The third-order valence-corrected chi connectivity index (χ3v) is 5.33. The van der Waals surface area contributed by atoms with Gasteiger partial charge in [0.2, 0.25) is 12.1 Å². The molecule has 1 fully saturated rings. The van der Waals surface area contributed by atoms with Gasteiger partial charge >= 0.3 is 0 Å². The van der Waals surface area contributed by atoms with Crippen LogP contribution in [0, 0.1) is 0 Å². The van der Waals surface area contributed by atoms with Crippen molar-refractivity contribution in [2.75, 3.05) is 13.7 Å². The summed E-state index contributed by atoms with van der Waals surface area (Å²) in [5.74, 6) is 0.404. The first-order valence-electron chi connectivity index (χ1n) is 10.2. The molecule has 0 aliphatic carbocycles. The smallest absolute Gasteiger partial charge is 0.229 e. The molecule has 4 rings (SSSR count). The van der Waals surface area contributed by atoms with Crippen molar-refractivity contribution in [1.29, 1.82) is 0 Å². The maximum Gasteiger partial charge on any atom is 0.229 e. The second-order valence-electron chi connectivity index (χ2n) is 7.53. The van der Waals surface area contributed by atoms with Crippen LogP contribution in [0.1, 0.15) is 16.2 Å². The number of fused-ring (bicyclic) bond motifs is 1. The number of carbonyl (C=O) groups is 1. The number of aromatic nitrogens is 2. The van der Waals surface area contributed by atoms with E-state index in [9.17, 15) is 25.2 Å². The Balaban J connectivity index is 1.49. The van der Waals surface area contributed by atoms with E-state index in [0.717, 1.165) is 5.52 Å². The highest BCUT2D eigenvalue weighted by Gasteiger charge is 2.44. The van der Waals surface area contributed by atoms with Crippen LogP contribution in [0.4, 0.5) is 0 Å². The Labute approximate surface area is 188 Å². The van der Waals surface area contributed by atoms with Gasteiger partial charge in [0.1, 0.15) is 24.4 Å². The monoisotopic (exact) mass is 456 g/mol. The molecule has 5 atom stereocenters. The fourth-order valence-electron chi connectivity index (χ4n) is 3.50. The van der Waals surface area contributed by atoms with Gasteiger partial charge in [0.05, 0.1) is 24.8 Å². The van der Waals surface area contributed by atoms with Crippen molar-refractivity contribution in [2.45, 2.75) is 30.7 Å². The molecule has 10 nitrogen and oxygen atoms in total. The molecule has 0 radical (unpaired) electrons. The average Bonchev–Trinajstić information content (AvgIpc) is 3.28. The van der Waals surface area contributed by atoms with Gasteiger partial charge in [0.15, 0.2) is 17.3 Å². The predicted octanol–water partition coefficient (Wildman–Crippen LogP) is 0.646. The fourth-order valence-corrected chi connectivity index (χ4v) is 3.50. The van der Waals surface area contributed by atoms with E-state index in [1.807, 2.05) is 24.3 Å². The number of aliphatic hydroxyl groups is 4. The van der Waals surface area contributed by atoms with Crippen LogP contribution in [-0.4, -0.2) is 80.6 Å². The van der Waals surface area contributed by atoms with Crippen LogP contribution in [-0.2, 0) is 4.74 Å². The molecule has 174 valence electrons. The zero-order chi connectivity index (χ0) is 23.5. The molecule has 33 heavy (non-hydrogen) atoms. The van der Waals surface area contributed by atoms with Gasteiger partial charge in [-0.2, -0.15) is 0 Å². The Hall–Kier alpha value is -3.28. The molecule has 0 amide bonds. The van der Waals surface area contributed by atoms with Crippen molar-refractivity contribution in [3.8, 4) is 11.5 Å². The van der Waals surface area contributed by atoms with Crippen molar-refractivity contribution in [3.63, 3.8) is 0 Å². The Morgan fingerprint density at radius 3 is 2.64 bits per heavy atom. The van der Waals surface area contributed by atoms with E-state index in [2.05, 4.69) is 9.97 Å². The van der Waals surface area contributed by atoms with E-state index in [1.54, 1.807) is 24.3 Å². The molecule has 2 aromatic carbocycles. The summed E-state index contributed by atoms with van der Waals surface area (Å²) in [7, 11) is 1.42. The second-order valence-corrected chi connectivity index (χ2v) is 7.53. The van der Waals surface area contributed by atoms with Gasteiger partial charge in [-0.25, -0.2) is 4.98 Å². The number of hydrogen-bond acceptors (Lipinski definition) is 9. The maximum atomic E-state index is 12.5. The van der Waals surface area contributed by atoms with E-state index < -0.39 is 37.3 Å². The number of para-hydroxylation sites is 2. The van der Waals surface area contributed by atoms with E-state index in [1.165, 1.54) is 13.2 Å². The average molecular weight is 456 g/mol. The number of ether oxygens (including phenoxy) is 3. The van der Waals surface area contributed by atoms with Gasteiger partial charge in [-0.1, -0.05) is 24.3 Å². The van der Waals surface area contributed by atoms with E-state index in [0.29, 0.717) is 11.1 Å². The van der Waals surface area contributed by atoms with Crippen molar-refractivity contribution < 1.29 is 39.4 Å². The summed E-state index contributed by atoms with van der Waals surface area (Å²) in [4.78, 5) is 19.7. The van der Waals surface area contributed by atoms with Gasteiger partial charge in [0, 0.05) is 0 Å². The fraction of sp³-hybridized carbons (Fsp3) is 0.304. The standard InChI is InChI=1S/C23H24N2O8/c1-31-17-10-12(6-8-15(27)22-24-13-4-2-3-5-14(13)25-22)7-9-16(17)32-23-21(30)20(29)19(28)18(11-26)33-23/h2-10,18-21,23,26,28-30H,11H2,1H3,(H,24,25). The SMILES string of the molecule is COc1cc(C=CC(=O)c2nc3ccccc3[nH]2)ccc1OC1OC(CO)C(O)C(O)C1O. The van der Waals surface area contributed by atoms with Crippen LogP contribution >= 0.6 is 0 Å².